The zero-order chi connectivity index (χ0) is 9.30. The number of nitrogens with zero attached hydrogens (tertiary/aromatic N) is 2. The quantitative estimate of drug-likeness (QED) is 0.600. The van der Waals surface area contributed by atoms with Crippen molar-refractivity contribution in [2.75, 3.05) is 0 Å². The van der Waals surface area contributed by atoms with Gasteiger partial charge in [0, 0.05) is 0 Å². The number of nitrogens with two attached hydrogens (primary N) is 1. The summed E-state index contributed by atoms with van der Waals surface area (Å²) in [6.07, 6.45) is 0. The van der Waals surface area contributed by atoms with Crippen molar-refractivity contribution in [2.24, 2.45) is 16.6 Å². The van der Waals surface area contributed by atoms with Gasteiger partial charge >= 0.3 is 0 Å². The number of hydrogen-bond acceptors (Lipinski definition) is 4. The Balaban J connectivity index is 3.04. The van der Waals surface area contributed by atoms with Gasteiger partial charge in [-0.1, -0.05) is 13.8 Å². The zero-order valence-electron chi connectivity index (χ0n) is 7.07. The Bertz CT molecular complexity index is 296. The molecular weight excluding hydrogens is 154 g/mol. The third-order valence-corrected chi connectivity index (χ3v) is 1.81. The molecule has 1 rings (SSSR count). The summed E-state index contributed by atoms with van der Waals surface area (Å²) in [6.45, 7) is 3.83. The molecular formula is C8H11N3O. The highest BCUT2D eigenvalue weighted by Gasteiger charge is 2.28. The molecule has 0 saturated heterocycles. The summed E-state index contributed by atoms with van der Waals surface area (Å²) in [4.78, 5) is 3.97. The Morgan fingerprint density at radius 1 is 1.67 bits per heavy atom. The first kappa shape index (κ1) is 8.60. The predicted octanol–water partition coefficient (Wildman–Crippen LogP) is 0.717. The van der Waals surface area contributed by atoms with Gasteiger partial charge in [-0.05, 0) is 5.92 Å². The number of aliphatic hydroxyl groups is 1. The van der Waals surface area contributed by atoms with Gasteiger partial charge in [-0.15, -0.1) is 0 Å². The van der Waals surface area contributed by atoms with Gasteiger partial charge in [-0.25, -0.2) is 0 Å². The summed E-state index contributed by atoms with van der Waals surface area (Å²) in [5, 5.41) is 18.0. The van der Waals surface area contributed by atoms with Crippen LogP contribution >= 0.6 is 0 Å². The zero-order valence-corrected chi connectivity index (χ0v) is 7.07. The number of amidine groups is 1. The van der Waals surface area contributed by atoms with Crippen LogP contribution < -0.4 is 5.73 Å². The molecule has 1 heterocycles. The lowest BCUT2D eigenvalue weighted by atomic mass is 10.0. The fraction of sp³-hybridized carbons (Fsp3) is 0.500. The van der Waals surface area contributed by atoms with Gasteiger partial charge in [-0.3, -0.25) is 4.99 Å². The fourth-order valence-corrected chi connectivity index (χ4v) is 1.13. The average Bonchev–Trinajstić information content (AvgIpc) is 2.27. The molecule has 0 aliphatic carbocycles. The van der Waals surface area contributed by atoms with Crippen molar-refractivity contribution in [3.63, 3.8) is 0 Å². The van der Waals surface area contributed by atoms with E-state index in [9.17, 15) is 5.11 Å². The van der Waals surface area contributed by atoms with E-state index in [-0.39, 0.29) is 29.1 Å². The standard InChI is InChI=1S/C8H11N3O/c1-4(2)6-7(12)5(3-9)8(10)11-6/h4,6,12H,1-2H3,(H2,10,11). The van der Waals surface area contributed by atoms with Crippen LogP contribution in [0.5, 0.6) is 0 Å². The molecule has 1 unspecified atom stereocenters. The molecule has 0 fully saturated rings. The maximum Gasteiger partial charge on any atom is 0.140 e. The summed E-state index contributed by atoms with van der Waals surface area (Å²) in [7, 11) is 0. The van der Waals surface area contributed by atoms with Gasteiger partial charge in [-0.2, -0.15) is 5.26 Å². The minimum atomic E-state index is -0.334. The molecule has 64 valence electrons. The first-order valence-corrected chi connectivity index (χ1v) is 3.74. The minimum Gasteiger partial charge on any atom is -0.508 e. The lowest BCUT2D eigenvalue weighted by Crippen LogP contribution is -2.13. The van der Waals surface area contributed by atoms with Gasteiger partial charge < -0.3 is 10.8 Å². The number of hydrogen-bond donors (Lipinski definition) is 2. The second-order valence-electron chi connectivity index (χ2n) is 3.08. The molecule has 1 aliphatic heterocycles. The Hall–Kier alpha value is -1.50. The number of rotatable bonds is 1. The van der Waals surface area contributed by atoms with Crippen LogP contribution in [0.2, 0.25) is 0 Å². The van der Waals surface area contributed by atoms with E-state index in [2.05, 4.69) is 4.99 Å². The molecule has 1 atom stereocenters. The molecule has 0 aromatic carbocycles. The van der Waals surface area contributed by atoms with Crippen LogP contribution in [0.15, 0.2) is 16.3 Å². The van der Waals surface area contributed by atoms with Crippen LogP contribution in [0.25, 0.3) is 0 Å². The molecule has 4 heteroatoms. The van der Waals surface area contributed by atoms with E-state index in [1.807, 2.05) is 19.9 Å². The van der Waals surface area contributed by atoms with Gasteiger partial charge in [0.1, 0.15) is 29.3 Å². The fourth-order valence-electron chi connectivity index (χ4n) is 1.13. The molecule has 0 saturated carbocycles. The largest absolute Gasteiger partial charge is 0.508 e. The van der Waals surface area contributed by atoms with E-state index in [1.165, 1.54) is 0 Å². The molecule has 3 N–H and O–H groups in total. The Morgan fingerprint density at radius 3 is 2.50 bits per heavy atom. The molecule has 0 bridgehead atoms. The van der Waals surface area contributed by atoms with Gasteiger partial charge in [0.2, 0.25) is 0 Å². The molecule has 12 heavy (non-hydrogen) atoms. The van der Waals surface area contributed by atoms with Crippen molar-refractivity contribution in [3.8, 4) is 6.07 Å². The van der Waals surface area contributed by atoms with Gasteiger partial charge in [0.25, 0.3) is 0 Å². The van der Waals surface area contributed by atoms with E-state index in [0.29, 0.717) is 0 Å². The summed E-state index contributed by atoms with van der Waals surface area (Å²) in [5.74, 6) is 0.313. The van der Waals surface area contributed by atoms with Crippen molar-refractivity contribution in [1.29, 1.82) is 5.26 Å². The Morgan fingerprint density at radius 2 is 2.25 bits per heavy atom. The van der Waals surface area contributed by atoms with E-state index >= 15 is 0 Å². The second-order valence-corrected chi connectivity index (χ2v) is 3.08. The predicted molar refractivity (Wildman–Crippen MR) is 45.5 cm³/mol. The maximum atomic E-state index is 9.45. The monoisotopic (exact) mass is 165 g/mol. The molecule has 0 aromatic rings. The lowest BCUT2D eigenvalue weighted by molar-refractivity contribution is 0.339. The van der Waals surface area contributed by atoms with E-state index in [1.54, 1.807) is 0 Å². The van der Waals surface area contributed by atoms with Gasteiger partial charge in [0.15, 0.2) is 0 Å². The first-order chi connectivity index (χ1) is 5.57. The van der Waals surface area contributed by atoms with Crippen molar-refractivity contribution in [2.45, 2.75) is 19.9 Å². The van der Waals surface area contributed by atoms with Crippen molar-refractivity contribution >= 4 is 5.84 Å². The van der Waals surface area contributed by atoms with Crippen LogP contribution in [0, 0.1) is 17.2 Å². The highest BCUT2D eigenvalue weighted by atomic mass is 16.3. The van der Waals surface area contributed by atoms with Crippen LogP contribution in [-0.2, 0) is 0 Å². The van der Waals surface area contributed by atoms with Crippen LogP contribution in [-0.4, -0.2) is 17.0 Å². The van der Waals surface area contributed by atoms with Crippen LogP contribution in [0.1, 0.15) is 13.8 Å². The highest BCUT2D eigenvalue weighted by Crippen LogP contribution is 2.23. The minimum absolute atomic E-state index is 0.00463. The van der Waals surface area contributed by atoms with Crippen LogP contribution in [0.4, 0.5) is 0 Å². The summed E-state index contributed by atoms with van der Waals surface area (Å²) >= 11 is 0. The lowest BCUT2D eigenvalue weighted by Gasteiger charge is -2.10. The number of aliphatic hydroxyl groups excluding tert-OH is 1. The van der Waals surface area contributed by atoms with Crippen LogP contribution in [0.3, 0.4) is 0 Å². The molecule has 0 spiro atoms. The summed E-state index contributed by atoms with van der Waals surface area (Å²) in [6, 6.07) is 1.49. The Labute approximate surface area is 71.0 Å². The van der Waals surface area contributed by atoms with Crippen molar-refractivity contribution in [1.82, 2.24) is 0 Å². The van der Waals surface area contributed by atoms with Crippen molar-refractivity contribution in [3.05, 3.63) is 11.3 Å². The average molecular weight is 165 g/mol. The third-order valence-electron chi connectivity index (χ3n) is 1.81. The summed E-state index contributed by atoms with van der Waals surface area (Å²) < 4.78 is 0. The number of aliphatic imine (C=N–C) groups is 1. The summed E-state index contributed by atoms with van der Waals surface area (Å²) in [5.41, 5.74) is 5.54. The van der Waals surface area contributed by atoms with Crippen molar-refractivity contribution < 1.29 is 5.11 Å². The van der Waals surface area contributed by atoms with E-state index in [4.69, 9.17) is 11.0 Å². The molecule has 0 amide bonds. The Kier molecular flexibility index (Phi) is 2.05. The molecule has 0 aromatic heterocycles. The third kappa shape index (κ3) is 1.14. The van der Waals surface area contributed by atoms with E-state index < -0.39 is 0 Å². The highest BCUT2D eigenvalue weighted by molar-refractivity contribution is 6.03. The second kappa shape index (κ2) is 2.86. The SMILES string of the molecule is CC(C)C1N=C(N)C(C#N)=C1O. The topological polar surface area (TPSA) is 82.4 Å². The molecule has 1 aliphatic rings. The first-order valence-electron chi connectivity index (χ1n) is 3.74. The molecule has 0 radical (unpaired) electrons. The smallest absolute Gasteiger partial charge is 0.140 e. The number of nitriles is 1. The molecule has 4 nitrogen and oxygen atoms in total. The normalized spacial score (nSPS) is 22.8. The van der Waals surface area contributed by atoms with Gasteiger partial charge in [0.05, 0.1) is 0 Å². The maximum absolute atomic E-state index is 9.45. The van der Waals surface area contributed by atoms with E-state index in [0.717, 1.165) is 0 Å².